The second-order valence-corrected chi connectivity index (χ2v) is 9.09. The summed E-state index contributed by atoms with van der Waals surface area (Å²) in [5.41, 5.74) is 4.69. The number of fused-ring (bicyclic) bond motifs is 1. The lowest BCUT2D eigenvalue weighted by Gasteiger charge is -2.46. The number of rotatable bonds is 5. The van der Waals surface area contributed by atoms with Gasteiger partial charge in [0, 0.05) is 30.6 Å². The Bertz CT molecular complexity index is 1050. The SMILES string of the molecule is COc1cccc(NC2c3cc(C4=CCOCC4)ccc3N(C(C)=O)[C@@H](C3CC3)[C@@H]2C)n1. The summed E-state index contributed by atoms with van der Waals surface area (Å²) in [4.78, 5) is 19.5. The van der Waals surface area contributed by atoms with Crippen molar-refractivity contribution in [1.29, 1.82) is 0 Å². The first-order valence-corrected chi connectivity index (χ1v) is 11.6. The predicted molar refractivity (Wildman–Crippen MR) is 126 cm³/mol. The van der Waals surface area contributed by atoms with Crippen molar-refractivity contribution in [1.82, 2.24) is 4.98 Å². The molecule has 0 radical (unpaired) electrons. The Kier molecular flexibility index (Phi) is 5.64. The topological polar surface area (TPSA) is 63.7 Å². The molecule has 5 rings (SSSR count). The van der Waals surface area contributed by atoms with Crippen LogP contribution in [0, 0.1) is 11.8 Å². The van der Waals surface area contributed by atoms with E-state index in [1.165, 1.54) is 24.0 Å². The van der Waals surface area contributed by atoms with Gasteiger partial charge in [-0.3, -0.25) is 4.79 Å². The van der Waals surface area contributed by atoms with E-state index in [0.29, 0.717) is 18.4 Å². The number of nitrogens with one attached hydrogen (secondary N) is 1. The molecule has 168 valence electrons. The fourth-order valence-electron chi connectivity index (χ4n) is 5.32. The summed E-state index contributed by atoms with van der Waals surface area (Å²) in [6.07, 6.45) is 5.44. The van der Waals surface area contributed by atoms with Gasteiger partial charge in [0.25, 0.3) is 0 Å². The van der Waals surface area contributed by atoms with Crippen LogP contribution in [0.1, 0.15) is 50.3 Å². The van der Waals surface area contributed by atoms with E-state index in [0.717, 1.165) is 30.1 Å². The third-order valence-electron chi connectivity index (χ3n) is 7.00. The lowest BCUT2D eigenvalue weighted by atomic mass is 9.79. The zero-order chi connectivity index (χ0) is 22.2. The number of ether oxygens (including phenoxy) is 2. The van der Waals surface area contributed by atoms with E-state index in [-0.39, 0.29) is 23.9 Å². The van der Waals surface area contributed by atoms with Gasteiger partial charge < -0.3 is 19.7 Å². The van der Waals surface area contributed by atoms with Crippen LogP contribution in [0.3, 0.4) is 0 Å². The van der Waals surface area contributed by atoms with Gasteiger partial charge in [0.1, 0.15) is 5.82 Å². The third-order valence-corrected chi connectivity index (χ3v) is 7.00. The zero-order valence-electron chi connectivity index (χ0n) is 19.0. The average molecular weight is 434 g/mol. The number of amides is 1. The first-order chi connectivity index (χ1) is 15.6. The summed E-state index contributed by atoms with van der Waals surface area (Å²) < 4.78 is 10.8. The molecule has 1 saturated carbocycles. The minimum absolute atomic E-state index is 0.0474. The van der Waals surface area contributed by atoms with Crippen LogP contribution in [0.25, 0.3) is 5.57 Å². The summed E-state index contributed by atoms with van der Waals surface area (Å²) in [6.45, 7) is 5.36. The number of nitrogens with zero attached hydrogens (tertiary/aromatic N) is 2. The number of carbonyl (C=O) groups excluding carboxylic acids is 1. The highest BCUT2D eigenvalue weighted by Crippen LogP contribution is 2.50. The van der Waals surface area contributed by atoms with E-state index in [1.807, 2.05) is 18.2 Å². The van der Waals surface area contributed by atoms with E-state index < -0.39 is 0 Å². The number of methoxy groups -OCH3 is 1. The molecule has 1 aromatic heterocycles. The van der Waals surface area contributed by atoms with Crippen LogP contribution in [-0.2, 0) is 9.53 Å². The molecule has 6 heteroatoms. The molecule has 1 N–H and O–H groups in total. The van der Waals surface area contributed by atoms with E-state index in [4.69, 9.17) is 9.47 Å². The van der Waals surface area contributed by atoms with Crippen LogP contribution in [0.4, 0.5) is 11.5 Å². The van der Waals surface area contributed by atoms with Crippen molar-refractivity contribution in [2.75, 3.05) is 30.5 Å². The molecular formula is C26H31N3O3. The summed E-state index contributed by atoms with van der Waals surface area (Å²) >= 11 is 0. The lowest BCUT2D eigenvalue weighted by molar-refractivity contribution is -0.117. The Hall–Kier alpha value is -2.86. The highest BCUT2D eigenvalue weighted by atomic mass is 16.5. The molecule has 2 aliphatic heterocycles. The van der Waals surface area contributed by atoms with Crippen molar-refractivity contribution in [3.8, 4) is 5.88 Å². The molecule has 1 aromatic carbocycles. The molecule has 32 heavy (non-hydrogen) atoms. The van der Waals surface area contributed by atoms with Crippen molar-refractivity contribution in [3.63, 3.8) is 0 Å². The van der Waals surface area contributed by atoms with Gasteiger partial charge in [0.2, 0.25) is 11.8 Å². The van der Waals surface area contributed by atoms with Gasteiger partial charge in [-0.2, -0.15) is 4.98 Å². The highest BCUT2D eigenvalue weighted by molar-refractivity contribution is 5.94. The summed E-state index contributed by atoms with van der Waals surface area (Å²) in [6, 6.07) is 12.6. The maximum atomic E-state index is 12.8. The summed E-state index contributed by atoms with van der Waals surface area (Å²) in [5, 5.41) is 3.69. The highest BCUT2D eigenvalue weighted by Gasteiger charge is 2.47. The minimum atomic E-state index is 0.0474. The van der Waals surface area contributed by atoms with E-state index in [9.17, 15) is 4.79 Å². The van der Waals surface area contributed by atoms with Gasteiger partial charge in [-0.25, -0.2) is 0 Å². The number of aromatic nitrogens is 1. The molecule has 1 fully saturated rings. The number of anilines is 2. The van der Waals surface area contributed by atoms with Crippen LogP contribution in [0.15, 0.2) is 42.5 Å². The van der Waals surface area contributed by atoms with Crippen LogP contribution < -0.4 is 15.0 Å². The minimum Gasteiger partial charge on any atom is -0.481 e. The Labute approximate surface area is 189 Å². The smallest absolute Gasteiger partial charge is 0.224 e. The standard InChI is InChI=1S/C26H31N3O3/c1-16-25(28-23-5-4-6-24(27-23)31-3)21-15-20(18-11-13-32-14-12-18)9-10-22(21)29(17(2)30)26(16)19-7-8-19/h4-6,9-11,15-16,19,25-26H,7-8,12-14H2,1-3H3,(H,27,28)/t16-,25?,26-/m1/s1. The fourth-order valence-corrected chi connectivity index (χ4v) is 5.32. The Morgan fingerprint density at radius 2 is 2.09 bits per heavy atom. The van der Waals surface area contributed by atoms with Crippen LogP contribution >= 0.6 is 0 Å². The molecule has 3 aliphatic rings. The number of hydrogen-bond acceptors (Lipinski definition) is 5. The van der Waals surface area contributed by atoms with E-state index in [1.54, 1.807) is 14.0 Å². The van der Waals surface area contributed by atoms with Crippen LogP contribution in [0.5, 0.6) is 5.88 Å². The molecule has 1 unspecified atom stereocenters. The number of pyridine rings is 1. The van der Waals surface area contributed by atoms with Gasteiger partial charge in [-0.15, -0.1) is 0 Å². The van der Waals surface area contributed by atoms with Gasteiger partial charge >= 0.3 is 0 Å². The second-order valence-electron chi connectivity index (χ2n) is 9.09. The molecular weight excluding hydrogens is 402 g/mol. The predicted octanol–water partition coefficient (Wildman–Crippen LogP) is 4.83. The Balaban J connectivity index is 1.60. The summed E-state index contributed by atoms with van der Waals surface area (Å²) in [7, 11) is 1.63. The molecule has 3 heterocycles. The van der Waals surface area contributed by atoms with Gasteiger partial charge in [0.05, 0.1) is 26.4 Å². The zero-order valence-corrected chi connectivity index (χ0v) is 19.0. The average Bonchev–Trinajstić information content (AvgIpc) is 3.66. The van der Waals surface area contributed by atoms with Crippen molar-refractivity contribution < 1.29 is 14.3 Å². The fraction of sp³-hybridized carbons (Fsp3) is 0.462. The molecule has 3 atom stereocenters. The van der Waals surface area contributed by atoms with Crippen molar-refractivity contribution in [2.45, 2.75) is 45.2 Å². The van der Waals surface area contributed by atoms with E-state index in [2.05, 4.69) is 46.4 Å². The first-order valence-electron chi connectivity index (χ1n) is 11.6. The normalized spacial score (nSPS) is 25.0. The van der Waals surface area contributed by atoms with E-state index >= 15 is 0 Å². The molecule has 1 aliphatic carbocycles. The maximum Gasteiger partial charge on any atom is 0.224 e. The molecule has 1 amide bonds. The van der Waals surface area contributed by atoms with Crippen molar-refractivity contribution in [2.24, 2.45) is 11.8 Å². The Morgan fingerprint density at radius 1 is 1.25 bits per heavy atom. The maximum absolute atomic E-state index is 12.8. The van der Waals surface area contributed by atoms with Crippen molar-refractivity contribution >= 4 is 23.0 Å². The van der Waals surface area contributed by atoms with Crippen LogP contribution in [0.2, 0.25) is 0 Å². The molecule has 6 nitrogen and oxygen atoms in total. The first kappa shape index (κ1) is 21.0. The molecule has 0 saturated heterocycles. The molecule has 2 aromatic rings. The molecule has 0 bridgehead atoms. The monoisotopic (exact) mass is 433 g/mol. The van der Waals surface area contributed by atoms with Gasteiger partial charge in [0.15, 0.2) is 0 Å². The van der Waals surface area contributed by atoms with Gasteiger partial charge in [-0.05, 0) is 60.1 Å². The Morgan fingerprint density at radius 3 is 2.78 bits per heavy atom. The number of hydrogen-bond donors (Lipinski definition) is 1. The number of benzene rings is 1. The second kappa shape index (κ2) is 8.58. The number of carbonyl (C=O) groups is 1. The largest absolute Gasteiger partial charge is 0.481 e. The van der Waals surface area contributed by atoms with Crippen LogP contribution in [-0.4, -0.2) is 37.3 Å². The summed E-state index contributed by atoms with van der Waals surface area (Å²) in [5.74, 6) is 2.29. The van der Waals surface area contributed by atoms with Gasteiger partial charge in [-0.1, -0.05) is 25.1 Å². The molecule has 0 spiro atoms. The lowest BCUT2D eigenvalue weighted by Crippen LogP contribution is -2.51. The van der Waals surface area contributed by atoms with Crippen molar-refractivity contribution in [3.05, 3.63) is 53.6 Å². The quantitative estimate of drug-likeness (QED) is 0.732. The third kappa shape index (κ3) is 3.88.